The van der Waals surface area contributed by atoms with Gasteiger partial charge in [-0.25, -0.2) is 17.8 Å². The van der Waals surface area contributed by atoms with E-state index < -0.39 is 9.84 Å². The molecule has 1 aromatic heterocycles. The third-order valence-electron chi connectivity index (χ3n) is 4.63. The standard InChI is InChI=1S/C23H18ClFN2O3S/c1-31(28,29)20-12-4-16(5-13-20)23-22(15-2-6-17(24)7-3-15)26-21(27-23)14-30-19-10-8-18(25)9-11-19/h2-13H,14H2,1H3,(H,26,27). The molecule has 4 aromatic rings. The van der Waals surface area contributed by atoms with Crippen LogP contribution in [0.2, 0.25) is 5.02 Å². The van der Waals surface area contributed by atoms with E-state index >= 15 is 0 Å². The molecule has 0 aliphatic rings. The van der Waals surface area contributed by atoms with Crippen LogP contribution in [0.3, 0.4) is 0 Å². The Morgan fingerprint density at radius 1 is 0.935 bits per heavy atom. The lowest BCUT2D eigenvalue weighted by atomic mass is 10.1. The van der Waals surface area contributed by atoms with Gasteiger partial charge in [-0.3, -0.25) is 0 Å². The Hall–Kier alpha value is -3.16. The number of halogens is 2. The smallest absolute Gasteiger partial charge is 0.175 e. The van der Waals surface area contributed by atoms with E-state index in [2.05, 4.69) is 9.97 Å². The van der Waals surface area contributed by atoms with Gasteiger partial charge in [0.05, 0.1) is 16.3 Å². The quantitative estimate of drug-likeness (QED) is 0.414. The molecule has 0 fully saturated rings. The highest BCUT2D eigenvalue weighted by atomic mass is 35.5. The van der Waals surface area contributed by atoms with E-state index in [4.69, 9.17) is 16.3 Å². The van der Waals surface area contributed by atoms with Crippen LogP contribution in [0.5, 0.6) is 5.75 Å². The van der Waals surface area contributed by atoms with E-state index in [1.54, 1.807) is 48.5 Å². The Morgan fingerprint density at radius 3 is 2.16 bits per heavy atom. The number of sulfone groups is 1. The minimum Gasteiger partial charge on any atom is -0.486 e. The molecule has 8 heteroatoms. The minimum absolute atomic E-state index is 0.146. The van der Waals surface area contributed by atoms with E-state index in [9.17, 15) is 12.8 Å². The summed E-state index contributed by atoms with van der Waals surface area (Å²) < 4.78 is 42.3. The molecule has 4 rings (SSSR count). The van der Waals surface area contributed by atoms with Gasteiger partial charge in [0.2, 0.25) is 0 Å². The van der Waals surface area contributed by atoms with E-state index in [1.807, 2.05) is 12.1 Å². The lowest BCUT2D eigenvalue weighted by Crippen LogP contribution is -1.98. The van der Waals surface area contributed by atoms with Crippen molar-refractivity contribution in [2.75, 3.05) is 6.26 Å². The number of hydrogen-bond acceptors (Lipinski definition) is 4. The van der Waals surface area contributed by atoms with Gasteiger partial charge in [0.15, 0.2) is 9.84 Å². The zero-order valence-corrected chi connectivity index (χ0v) is 18.0. The number of benzene rings is 3. The predicted molar refractivity (Wildman–Crippen MR) is 118 cm³/mol. The fraction of sp³-hybridized carbons (Fsp3) is 0.0870. The molecule has 0 atom stereocenters. The number of imidazole rings is 1. The molecule has 3 aromatic carbocycles. The average Bonchev–Trinajstić information content (AvgIpc) is 3.18. The first-order valence-corrected chi connectivity index (χ1v) is 11.6. The first kappa shape index (κ1) is 21.1. The highest BCUT2D eigenvalue weighted by Gasteiger charge is 2.16. The van der Waals surface area contributed by atoms with Gasteiger partial charge in [-0.15, -0.1) is 0 Å². The molecule has 0 aliphatic heterocycles. The molecule has 0 bridgehead atoms. The summed E-state index contributed by atoms with van der Waals surface area (Å²) in [4.78, 5) is 8.17. The van der Waals surface area contributed by atoms with Crippen molar-refractivity contribution in [3.63, 3.8) is 0 Å². The predicted octanol–water partition coefficient (Wildman–Crippen LogP) is 5.52. The van der Waals surface area contributed by atoms with Crippen molar-refractivity contribution >= 4 is 21.4 Å². The molecule has 0 amide bonds. The summed E-state index contributed by atoms with van der Waals surface area (Å²) in [5, 5.41) is 0.609. The molecule has 0 saturated carbocycles. The van der Waals surface area contributed by atoms with Crippen molar-refractivity contribution in [2.45, 2.75) is 11.5 Å². The van der Waals surface area contributed by atoms with Crippen LogP contribution in [0.1, 0.15) is 5.82 Å². The molecule has 0 unspecified atom stereocenters. The van der Waals surface area contributed by atoms with E-state index in [0.717, 1.165) is 16.8 Å². The molecule has 0 aliphatic carbocycles. The second kappa shape index (κ2) is 8.53. The van der Waals surface area contributed by atoms with Gasteiger partial charge in [0.1, 0.15) is 24.0 Å². The monoisotopic (exact) mass is 456 g/mol. The summed E-state index contributed by atoms with van der Waals surface area (Å²) in [6.07, 6.45) is 1.17. The molecule has 1 N–H and O–H groups in total. The molecule has 31 heavy (non-hydrogen) atoms. The van der Waals surface area contributed by atoms with E-state index in [-0.39, 0.29) is 17.3 Å². The van der Waals surface area contributed by atoms with Gasteiger partial charge in [0, 0.05) is 22.4 Å². The Kier molecular flexibility index (Phi) is 5.80. The molecular weight excluding hydrogens is 439 g/mol. The fourth-order valence-corrected chi connectivity index (χ4v) is 3.82. The Bertz CT molecular complexity index is 1300. The summed E-state index contributed by atoms with van der Waals surface area (Å²) in [6.45, 7) is 0.146. The second-order valence-electron chi connectivity index (χ2n) is 6.95. The first-order valence-electron chi connectivity index (χ1n) is 9.33. The summed E-state index contributed by atoms with van der Waals surface area (Å²) >= 11 is 6.02. The first-order chi connectivity index (χ1) is 14.8. The molecular formula is C23H18ClFN2O3S. The van der Waals surface area contributed by atoms with Crippen molar-refractivity contribution in [3.05, 3.63) is 89.5 Å². The lowest BCUT2D eigenvalue weighted by Gasteiger charge is -2.05. The summed E-state index contributed by atoms with van der Waals surface area (Å²) in [5.41, 5.74) is 3.02. The Labute approximate surface area is 184 Å². The zero-order chi connectivity index (χ0) is 22.0. The normalized spacial score (nSPS) is 11.5. The third kappa shape index (κ3) is 4.95. The third-order valence-corrected chi connectivity index (χ3v) is 6.01. The number of ether oxygens (including phenoxy) is 1. The van der Waals surface area contributed by atoms with Crippen molar-refractivity contribution in [1.82, 2.24) is 9.97 Å². The van der Waals surface area contributed by atoms with Gasteiger partial charge in [-0.2, -0.15) is 0 Å². The maximum absolute atomic E-state index is 13.1. The van der Waals surface area contributed by atoms with Gasteiger partial charge >= 0.3 is 0 Å². The van der Waals surface area contributed by atoms with Crippen molar-refractivity contribution < 1.29 is 17.5 Å². The molecule has 1 heterocycles. The van der Waals surface area contributed by atoms with Crippen molar-refractivity contribution in [2.24, 2.45) is 0 Å². The highest BCUT2D eigenvalue weighted by molar-refractivity contribution is 7.90. The number of H-pyrrole nitrogens is 1. The van der Waals surface area contributed by atoms with E-state index in [0.29, 0.717) is 22.3 Å². The number of nitrogens with one attached hydrogen (secondary N) is 1. The van der Waals surface area contributed by atoms with Gasteiger partial charge < -0.3 is 9.72 Å². The van der Waals surface area contributed by atoms with Crippen LogP contribution in [0.15, 0.2) is 77.7 Å². The lowest BCUT2D eigenvalue weighted by molar-refractivity contribution is 0.297. The Morgan fingerprint density at radius 2 is 1.55 bits per heavy atom. The average molecular weight is 457 g/mol. The topological polar surface area (TPSA) is 72.0 Å². The van der Waals surface area contributed by atoms with Crippen LogP contribution in [-0.4, -0.2) is 24.6 Å². The fourth-order valence-electron chi connectivity index (χ4n) is 3.07. The van der Waals surface area contributed by atoms with Crippen molar-refractivity contribution in [1.29, 1.82) is 0 Å². The summed E-state index contributed by atoms with van der Waals surface area (Å²) in [7, 11) is -3.29. The molecule has 0 radical (unpaired) electrons. The minimum atomic E-state index is -3.29. The van der Waals surface area contributed by atoms with Crippen molar-refractivity contribution in [3.8, 4) is 28.3 Å². The largest absolute Gasteiger partial charge is 0.486 e. The van der Waals surface area contributed by atoms with Crippen LogP contribution >= 0.6 is 11.6 Å². The highest BCUT2D eigenvalue weighted by Crippen LogP contribution is 2.32. The maximum Gasteiger partial charge on any atom is 0.175 e. The molecule has 0 spiro atoms. The van der Waals surface area contributed by atoms with Crippen LogP contribution in [0.4, 0.5) is 4.39 Å². The van der Waals surface area contributed by atoms with Gasteiger partial charge in [-0.1, -0.05) is 35.9 Å². The number of aromatic nitrogens is 2. The van der Waals surface area contributed by atoms with Gasteiger partial charge in [0.25, 0.3) is 0 Å². The second-order valence-corrected chi connectivity index (χ2v) is 9.41. The summed E-state index contributed by atoms with van der Waals surface area (Å²) in [6, 6.07) is 19.6. The van der Waals surface area contributed by atoms with Crippen LogP contribution in [0.25, 0.3) is 22.5 Å². The number of aromatic amines is 1. The van der Waals surface area contributed by atoms with E-state index in [1.165, 1.54) is 18.4 Å². The van der Waals surface area contributed by atoms with Gasteiger partial charge in [-0.05, 0) is 48.5 Å². The van der Waals surface area contributed by atoms with Crippen LogP contribution in [-0.2, 0) is 16.4 Å². The maximum atomic E-state index is 13.1. The molecule has 5 nitrogen and oxygen atoms in total. The number of rotatable bonds is 6. The Balaban J connectivity index is 1.70. The summed E-state index contributed by atoms with van der Waals surface area (Å²) in [5.74, 6) is 0.747. The number of nitrogens with zero attached hydrogens (tertiary/aromatic N) is 1. The van der Waals surface area contributed by atoms with Crippen LogP contribution in [0, 0.1) is 5.82 Å². The zero-order valence-electron chi connectivity index (χ0n) is 16.5. The number of hydrogen-bond donors (Lipinski definition) is 1. The molecule has 158 valence electrons. The SMILES string of the molecule is CS(=O)(=O)c1ccc(-c2[nH]c(COc3ccc(F)cc3)nc2-c2ccc(Cl)cc2)cc1. The molecule has 0 saturated heterocycles. The van der Waals surface area contributed by atoms with Crippen LogP contribution < -0.4 is 4.74 Å².